The van der Waals surface area contributed by atoms with Gasteiger partial charge in [-0.15, -0.1) is 0 Å². The van der Waals surface area contributed by atoms with Crippen molar-refractivity contribution >= 4 is 33.6 Å². The number of rotatable bonds is 15. The number of carbonyl (C=O) groups is 2. The number of benzene rings is 4. The maximum absolute atomic E-state index is 13.2. The fraction of sp³-hybridized carbons (Fsp3) is 0.390. The molecule has 0 aliphatic carbocycles. The van der Waals surface area contributed by atoms with Crippen LogP contribution in [0.2, 0.25) is 0 Å². The molecule has 0 unspecified atom stereocenters. The molecule has 4 aromatic carbocycles. The number of aryl methyl sites for hydroxylation is 2. The Bertz CT molecular complexity index is 2800. The zero-order valence-corrected chi connectivity index (χ0v) is 44.5. The van der Waals surface area contributed by atoms with E-state index in [1.54, 1.807) is 4.90 Å². The summed E-state index contributed by atoms with van der Waals surface area (Å²) in [6.45, 7) is 15.6. The number of ether oxygens (including phenoxy) is 2. The summed E-state index contributed by atoms with van der Waals surface area (Å²) in [5.74, 6) is 3.61. The largest absolute Gasteiger partial charge is 0.487 e. The number of nitrogens with one attached hydrogen (secondary N) is 1. The second kappa shape index (κ2) is 27.1. The van der Waals surface area contributed by atoms with Crippen LogP contribution in [-0.4, -0.2) is 129 Å². The minimum absolute atomic E-state index is 0.00196. The van der Waals surface area contributed by atoms with Gasteiger partial charge in [0.25, 0.3) is 16.0 Å². The maximum Gasteiger partial charge on any atom is 0.265 e. The van der Waals surface area contributed by atoms with Gasteiger partial charge in [0.1, 0.15) is 36.3 Å². The summed E-state index contributed by atoms with van der Waals surface area (Å²) in [5, 5.41) is 3.40. The van der Waals surface area contributed by atoms with Crippen molar-refractivity contribution in [2.24, 2.45) is 0 Å². The fourth-order valence-electron chi connectivity index (χ4n) is 9.54. The van der Waals surface area contributed by atoms with Crippen LogP contribution in [0.25, 0.3) is 0 Å². The van der Waals surface area contributed by atoms with Crippen molar-refractivity contribution in [2.45, 2.75) is 78.0 Å². The van der Waals surface area contributed by atoms with Crippen molar-refractivity contribution in [3.05, 3.63) is 179 Å². The smallest absolute Gasteiger partial charge is 0.265 e. The lowest BCUT2D eigenvalue weighted by molar-refractivity contribution is -0.134. The molecule has 4 fully saturated rings. The van der Waals surface area contributed by atoms with Crippen LogP contribution in [0.3, 0.4) is 0 Å². The molecule has 396 valence electrons. The Balaban J connectivity index is 0.000000160. The average molecular weight is 1040 g/mol. The first-order chi connectivity index (χ1) is 36.4. The van der Waals surface area contributed by atoms with Crippen molar-refractivity contribution in [1.29, 1.82) is 0 Å². The van der Waals surface area contributed by atoms with Crippen molar-refractivity contribution in [1.82, 2.24) is 30.0 Å². The lowest BCUT2D eigenvalue weighted by atomic mass is 10.1. The maximum atomic E-state index is 13.2. The third kappa shape index (κ3) is 16.8. The predicted octanol–water partition coefficient (Wildman–Crippen LogP) is 7.81. The zero-order chi connectivity index (χ0) is 52.4. The van der Waals surface area contributed by atoms with Gasteiger partial charge >= 0.3 is 0 Å². The number of anilines is 2. The Morgan fingerprint density at radius 2 is 1.05 bits per heavy atom. The van der Waals surface area contributed by atoms with Crippen LogP contribution in [0.5, 0.6) is 11.5 Å². The molecule has 0 radical (unpaired) electrons. The van der Waals surface area contributed by atoms with E-state index in [-0.39, 0.29) is 17.9 Å². The Kier molecular flexibility index (Phi) is 19.7. The van der Waals surface area contributed by atoms with Gasteiger partial charge < -0.3 is 34.4 Å². The van der Waals surface area contributed by atoms with Crippen LogP contribution >= 0.6 is 0 Å². The second-order valence-electron chi connectivity index (χ2n) is 19.6. The topological polar surface area (TPSA) is 150 Å². The van der Waals surface area contributed by atoms with Crippen LogP contribution in [-0.2, 0) is 50.2 Å². The molecule has 2 amide bonds. The fourth-order valence-corrected chi connectivity index (χ4v) is 10.1. The molecule has 16 heteroatoms. The highest BCUT2D eigenvalue weighted by Gasteiger charge is 2.37. The second-order valence-corrected chi connectivity index (χ2v) is 21.2. The van der Waals surface area contributed by atoms with Gasteiger partial charge in [0.05, 0.1) is 24.7 Å². The van der Waals surface area contributed by atoms with Gasteiger partial charge in [0, 0.05) is 78.4 Å². The van der Waals surface area contributed by atoms with Crippen LogP contribution < -0.4 is 24.6 Å². The summed E-state index contributed by atoms with van der Waals surface area (Å²) in [4.78, 5) is 45.0. The Hall–Kier alpha value is -6.85. The van der Waals surface area contributed by atoms with E-state index < -0.39 is 16.2 Å². The van der Waals surface area contributed by atoms with Crippen molar-refractivity contribution in [2.75, 3.05) is 81.5 Å². The van der Waals surface area contributed by atoms with Gasteiger partial charge in [-0.3, -0.25) is 18.7 Å². The molecule has 6 heterocycles. The summed E-state index contributed by atoms with van der Waals surface area (Å²) in [6.07, 6.45) is 7.24. The molecule has 15 nitrogen and oxygen atoms in total. The van der Waals surface area contributed by atoms with Crippen LogP contribution in [0.15, 0.2) is 146 Å². The first kappa shape index (κ1) is 54.4. The SMILES string of the molecule is Cc1ccc(CN2CC[C@@H](N3CCCN(c4ccc(OCc5ccccc5)cn4)CC3)C2=O)cc1.Cc1ccc(CN2CC[C@H](OS(C)(=O)=O)C2=O)cc1.c1ccc(COc2ccc(N3CCCNCC3)nc2)cc1. The van der Waals surface area contributed by atoms with Gasteiger partial charge in [-0.25, -0.2) is 9.97 Å². The lowest BCUT2D eigenvalue weighted by Gasteiger charge is -2.27. The van der Waals surface area contributed by atoms with E-state index in [2.05, 4.69) is 85.4 Å². The normalized spacial score (nSPS) is 18.3. The predicted molar refractivity (Wildman–Crippen MR) is 294 cm³/mol. The zero-order valence-electron chi connectivity index (χ0n) is 43.6. The molecule has 2 atom stereocenters. The Morgan fingerprint density at radius 3 is 1.59 bits per heavy atom. The first-order valence-electron chi connectivity index (χ1n) is 26.2. The number of carbonyl (C=O) groups excluding carboxylic acids is 2. The number of aromatic nitrogens is 2. The first-order valence-corrected chi connectivity index (χ1v) is 28.0. The molecule has 75 heavy (non-hydrogen) atoms. The van der Waals surface area contributed by atoms with E-state index in [0.717, 1.165) is 124 Å². The molecule has 4 saturated heterocycles. The Labute approximate surface area is 443 Å². The molecule has 0 spiro atoms. The van der Waals surface area contributed by atoms with E-state index in [0.29, 0.717) is 39.3 Å². The van der Waals surface area contributed by atoms with E-state index >= 15 is 0 Å². The van der Waals surface area contributed by atoms with Gasteiger partial charge in [-0.2, -0.15) is 8.42 Å². The summed E-state index contributed by atoms with van der Waals surface area (Å²) >= 11 is 0. The van der Waals surface area contributed by atoms with E-state index in [1.165, 1.54) is 16.7 Å². The van der Waals surface area contributed by atoms with Crippen molar-refractivity contribution in [3.8, 4) is 11.5 Å². The van der Waals surface area contributed by atoms with Crippen molar-refractivity contribution < 1.29 is 31.7 Å². The molecule has 4 aliphatic rings. The minimum atomic E-state index is -3.59. The molecule has 4 aliphatic heterocycles. The molecule has 0 saturated carbocycles. The van der Waals surface area contributed by atoms with E-state index in [9.17, 15) is 18.0 Å². The molecular weight excluding hydrogens is 965 g/mol. The summed E-state index contributed by atoms with van der Waals surface area (Å²) in [5.41, 5.74) is 6.95. The average Bonchev–Trinajstić information content (AvgIpc) is 3.68. The number of amides is 2. The van der Waals surface area contributed by atoms with Crippen LogP contribution in [0.4, 0.5) is 11.6 Å². The van der Waals surface area contributed by atoms with Crippen molar-refractivity contribution in [3.63, 3.8) is 0 Å². The minimum Gasteiger partial charge on any atom is -0.487 e. The van der Waals surface area contributed by atoms with Gasteiger partial charge in [0.15, 0.2) is 6.10 Å². The molecule has 6 aromatic rings. The standard InChI is InChI=1S/C29H34N4O2.C17H21N3O.C13H17NO4S/c1-23-8-10-24(11-9-23)21-33-17-14-27(29(33)34)31-15-5-16-32(19-18-31)28-13-12-26(20-30-28)35-22-25-6-3-2-4-7-25;1-2-5-15(6-3-1)14-21-16-7-8-17(19-13-16)20-11-4-9-18-10-12-20;1-10-3-5-11(6-4-10)9-14-8-7-12(13(14)15)18-19(2,16)17/h2-4,6-13,20,27H,5,14-19,21-22H2,1H3;1-3,5-8,13,18H,4,9-12,14H2;3-6,12H,7-9H2,1-2H3/t27-;;12-/m1.0/s1. The highest BCUT2D eigenvalue weighted by molar-refractivity contribution is 7.86. The monoisotopic (exact) mass is 1040 g/mol. The highest BCUT2D eigenvalue weighted by Crippen LogP contribution is 2.25. The number of likely N-dealkylation sites (tertiary alicyclic amines) is 2. The highest BCUT2D eigenvalue weighted by atomic mass is 32.2. The third-order valence-corrected chi connectivity index (χ3v) is 14.3. The van der Waals surface area contributed by atoms with Crippen LogP contribution in [0.1, 0.15) is 59.1 Å². The summed E-state index contributed by atoms with van der Waals surface area (Å²) < 4.78 is 38.5. The van der Waals surface area contributed by atoms with E-state index in [1.807, 2.05) is 109 Å². The quantitative estimate of drug-likeness (QED) is 0.0998. The van der Waals surface area contributed by atoms with Gasteiger partial charge in [0.2, 0.25) is 5.91 Å². The summed E-state index contributed by atoms with van der Waals surface area (Å²) in [7, 11) is -3.59. The molecule has 0 bridgehead atoms. The van der Waals surface area contributed by atoms with Gasteiger partial charge in [-0.05, 0) is 86.2 Å². The van der Waals surface area contributed by atoms with E-state index in [4.69, 9.17) is 13.7 Å². The Morgan fingerprint density at radius 1 is 0.533 bits per heavy atom. The summed E-state index contributed by atoms with van der Waals surface area (Å²) in [6, 6.07) is 44.8. The van der Waals surface area contributed by atoms with Crippen LogP contribution in [0, 0.1) is 13.8 Å². The molecular formula is C59H72N8O7S. The third-order valence-electron chi connectivity index (χ3n) is 13.7. The number of nitrogens with zero attached hydrogens (tertiary/aromatic N) is 7. The number of hydrogen-bond donors (Lipinski definition) is 1. The number of hydrogen-bond acceptors (Lipinski definition) is 13. The number of pyridine rings is 2. The van der Waals surface area contributed by atoms with Gasteiger partial charge in [-0.1, -0.05) is 120 Å². The lowest BCUT2D eigenvalue weighted by Crippen LogP contribution is -2.43. The molecule has 2 aromatic heterocycles. The molecule has 1 N–H and O–H groups in total. The molecule has 10 rings (SSSR count).